The van der Waals surface area contributed by atoms with Crippen LogP contribution in [0.2, 0.25) is 0 Å². The van der Waals surface area contributed by atoms with Gasteiger partial charge in [-0.05, 0) is 132 Å². The molecule has 4 aromatic carbocycles. The molecule has 4 aromatic rings. The second-order valence-corrected chi connectivity index (χ2v) is 19.9. The SMILES string of the molecule is BrCCCCCCBr.Cc1cc(O)ccc1[N+](=O)[O-].Cc1cc(OCCCCCCBr)ccc1[N+](=O)[O-].Cc1cc(OCCCCCCN=[N+]=[N-])ccc1[N+](=O)[O-].[N-]=[N+]=NCCCCCCOc1ccc([N+](=O)[O-])c(CC(=O)O)c1.[N-]=[N+]=[N-].[Na+]. The first-order valence-corrected chi connectivity index (χ1v) is 29.6. The number of carboxylic acids is 1. The van der Waals surface area contributed by atoms with E-state index < -0.39 is 27.2 Å². The van der Waals surface area contributed by atoms with Crippen molar-refractivity contribution in [2.24, 2.45) is 10.2 Å². The summed E-state index contributed by atoms with van der Waals surface area (Å²) >= 11 is 10.2. The van der Waals surface area contributed by atoms with Crippen LogP contribution >= 0.6 is 47.8 Å². The average molecular weight is 1380 g/mol. The molecule has 0 radical (unpaired) electrons. The molecule has 0 heterocycles. The molecule has 0 aliphatic rings. The minimum absolute atomic E-state index is 0. The van der Waals surface area contributed by atoms with Crippen LogP contribution in [0.4, 0.5) is 22.7 Å². The maximum absolute atomic E-state index is 10.9. The topological polar surface area (TPSA) is 414 Å². The number of azide groups is 2. The molecular weight excluding hydrogens is 1310 g/mol. The summed E-state index contributed by atoms with van der Waals surface area (Å²) in [4.78, 5) is 58.2. The fourth-order valence-corrected chi connectivity index (χ4v) is 8.04. The van der Waals surface area contributed by atoms with E-state index in [1.165, 1.54) is 92.0 Å². The predicted molar refractivity (Wildman–Crippen MR) is 329 cm³/mol. The fraction of sp³-hybridized carbons (Fsp3) is 0.528. The molecule has 456 valence electrons. The number of phenols is 1. The summed E-state index contributed by atoms with van der Waals surface area (Å²) in [5.41, 5.74) is 31.6. The van der Waals surface area contributed by atoms with Crippen molar-refractivity contribution in [3.05, 3.63) is 172 Å². The maximum Gasteiger partial charge on any atom is 1.00 e. The zero-order valence-corrected chi connectivity index (χ0v) is 54.6. The normalized spacial score (nSPS) is 9.55. The van der Waals surface area contributed by atoms with Crippen molar-refractivity contribution in [1.82, 2.24) is 0 Å². The summed E-state index contributed by atoms with van der Waals surface area (Å²) in [6, 6.07) is 17.7. The van der Waals surface area contributed by atoms with E-state index in [1.807, 2.05) is 0 Å². The van der Waals surface area contributed by atoms with E-state index in [9.17, 15) is 45.3 Å². The van der Waals surface area contributed by atoms with E-state index in [1.54, 1.807) is 45.0 Å². The quantitative estimate of drug-likeness (QED) is 0.00642. The van der Waals surface area contributed by atoms with Crippen molar-refractivity contribution < 1.29 is 78.5 Å². The van der Waals surface area contributed by atoms with Crippen LogP contribution in [0.3, 0.4) is 0 Å². The number of carbonyl (C=O) groups is 1. The van der Waals surface area contributed by atoms with Crippen LogP contribution in [-0.2, 0) is 11.2 Å². The number of benzene rings is 4. The van der Waals surface area contributed by atoms with E-state index >= 15 is 0 Å². The first-order valence-electron chi connectivity index (χ1n) is 26.3. The standard InChI is InChI=1S/C14H18N4O5.C13H18BrNO3.C13H18N4O3.C7H7NO3.C6H12Br2.N3.Na/c15-17-16-7-3-1-2-4-8-23-12-5-6-13(18(21)22)11(9-12)10-14(19)20;1-11-10-12(6-7-13(11)15(16)17)18-9-5-3-2-4-8-14;1-11-10-12(6-7-13(11)17(18)19)20-9-5-3-2-4-8-15-16-14;1-5-4-6(9)2-3-7(5)8(10)11;7-5-3-1-2-4-6-8;1-3-2;/h5-6,9H,1-4,7-8,10H2,(H,19,20);6-7,10H,2-5,8-9H2,1H3;6-7,10H,2-5,8-9H2,1H3;2-4,9H,1H3;1-6H2;;/q;;;;;-1;+1. The Labute approximate surface area is 535 Å². The molecular formula is C53H73Br3N13NaO14. The molecule has 0 spiro atoms. The number of unbranched alkanes of at least 4 members (excludes halogenated alkanes) is 12. The van der Waals surface area contributed by atoms with E-state index in [2.05, 4.69) is 67.8 Å². The molecule has 0 saturated carbocycles. The van der Waals surface area contributed by atoms with Crippen LogP contribution in [0.15, 0.2) is 83.0 Å². The molecule has 31 heteroatoms. The zero-order chi connectivity index (χ0) is 62.6. The molecule has 0 saturated heterocycles. The summed E-state index contributed by atoms with van der Waals surface area (Å²) in [5, 5.41) is 70.4. The second kappa shape index (κ2) is 54.5. The summed E-state index contributed by atoms with van der Waals surface area (Å²) in [6.07, 6.45) is 16.8. The Kier molecular flexibility index (Phi) is 53.0. The van der Waals surface area contributed by atoms with Crippen LogP contribution in [-0.4, -0.2) is 84.8 Å². The van der Waals surface area contributed by atoms with Crippen LogP contribution in [0.25, 0.3) is 36.9 Å². The number of phenolic OH excluding ortho intramolecular Hbond substituents is 1. The van der Waals surface area contributed by atoms with Gasteiger partial charge in [0, 0.05) is 85.4 Å². The summed E-state index contributed by atoms with van der Waals surface area (Å²) in [6.45, 7) is 7.71. The monoisotopic (exact) mass is 1380 g/mol. The summed E-state index contributed by atoms with van der Waals surface area (Å²) < 4.78 is 16.6. The van der Waals surface area contributed by atoms with Crippen LogP contribution in [0.5, 0.6) is 23.0 Å². The number of halogens is 3. The number of carboxylic acid groups (broad SMARTS) is 1. The summed E-state index contributed by atoms with van der Waals surface area (Å²) in [5.74, 6) is 0.695. The van der Waals surface area contributed by atoms with Crippen molar-refractivity contribution in [2.75, 3.05) is 48.9 Å². The molecule has 0 unspecified atom stereocenters. The molecule has 0 aliphatic carbocycles. The zero-order valence-electron chi connectivity index (χ0n) is 47.8. The Morgan fingerprint density at radius 1 is 0.488 bits per heavy atom. The number of aliphatic carboxylic acids is 1. The molecule has 4 rings (SSSR count). The predicted octanol–water partition coefficient (Wildman–Crippen LogP) is 14.7. The number of alkyl halides is 3. The van der Waals surface area contributed by atoms with Gasteiger partial charge in [-0.15, -0.1) is 0 Å². The Hall–Kier alpha value is -6.48. The van der Waals surface area contributed by atoms with Gasteiger partial charge in [0.25, 0.3) is 22.7 Å². The first-order chi connectivity index (χ1) is 39.8. The molecule has 0 atom stereocenters. The van der Waals surface area contributed by atoms with Gasteiger partial charge in [-0.25, -0.2) is 0 Å². The van der Waals surface area contributed by atoms with Crippen molar-refractivity contribution in [1.29, 1.82) is 0 Å². The second-order valence-electron chi connectivity index (χ2n) is 17.5. The largest absolute Gasteiger partial charge is 1.00 e. The first kappa shape index (κ1) is 81.7. The number of hydrogen-bond donors (Lipinski definition) is 2. The number of nitrogens with zero attached hydrogens (tertiary/aromatic N) is 13. The Balaban J connectivity index is -0.000000996. The molecule has 84 heavy (non-hydrogen) atoms. The molecule has 0 amide bonds. The van der Waals surface area contributed by atoms with Gasteiger partial charge >= 0.3 is 35.5 Å². The van der Waals surface area contributed by atoms with Crippen LogP contribution < -0.4 is 43.8 Å². The Bertz CT molecular complexity index is 2680. The smallest absolute Gasteiger partial charge is 0.508 e. The van der Waals surface area contributed by atoms with Gasteiger partial charge in [-0.1, -0.05) is 109 Å². The Morgan fingerprint density at radius 3 is 1.08 bits per heavy atom. The minimum Gasteiger partial charge on any atom is -0.508 e. The molecule has 27 nitrogen and oxygen atoms in total. The van der Waals surface area contributed by atoms with Crippen LogP contribution in [0.1, 0.15) is 125 Å². The molecule has 2 N–H and O–H groups in total. The van der Waals surface area contributed by atoms with E-state index in [0.717, 1.165) is 80.2 Å². The number of nitro benzene ring substituents is 4. The van der Waals surface area contributed by atoms with E-state index in [0.29, 0.717) is 66.8 Å². The van der Waals surface area contributed by atoms with Gasteiger partial charge in [-0.3, -0.25) is 50.2 Å². The average Bonchev–Trinajstić information content (AvgIpc) is 3.44. The Morgan fingerprint density at radius 2 is 0.786 bits per heavy atom. The van der Waals surface area contributed by atoms with Gasteiger partial charge in [0.15, 0.2) is 0 Å². The van der Waals surface area contributed by atoms with Crippen LogP contribution in [0, 0.1) is 61.2 Å². The number of aryl methyl sites for hydroxylation is 3. The van der Waals surface area contributed by atoms with Gasteiger partial charge in [0.05, 0.1) is 45.9 Å². The van der Waals surface area contributed by atoms with E-state index in [4.69, 9.17) is 46.5 Å². The molecule has 0 aliphatic heterocycles. The van der Waals surface area contributed by atoms with Crippen molar-refractivity contribution in [3.8, 4) is 23.0 Å². The van der Waals surface area contributed by atoms with Gasteiger partial charge in [0.2, 0.25) is 0 Å². The van der Waals surface area contributed by atoms with Gasteiger partial charge < -0.3 is 35.5 Å². The third-order valence-electron chi connectivity index (χ3n) is 11.0. The van der Waals surface area contributed by atoms with Crippen molar-refractivity contribution in [3.63, 3.8) is 0 Å². The van der Waals surface area contributed by atoms with E-state index in [-0.39, 0.29) is 68.5 Å². The third kappa shape index (κ3) is 43.2. The van der Waals surface area contributed by atoms with Crippen molar-refractivity contribution >= 4 is 76.5 Å². The number of nitro groups is 4. The van der Waals surface area contributed by atoms with Gasteiger partial charge in [0.1, 0.15) is 23.0 Å². The number of aromatic hydroxyl groups is 1. The number of rotatable bonds is 34. The minimum atomic E-state index is -1.13. The van der Waals surface area contributed by atoms with Crippen molar-refractivity contribution in [2.45, 2.75) is 130 Å². The summed E-state index contributed by atoms with van der Waals surface area (Å²) in [7, 11) is 0. The molecule has 0 aromatic heterocycles. The molecule has 0 bridgehead atoms. The third-order valence-corrected chi connectivity index (χ3v) is 12.7. The van der Waals surface area contributed by atoms with Gasteiger partial charge in [-0.2, -0.15) is 0 Å². The molecule has 0 fully saturated rings. The maximum atomic E-state index is 10.9. The number of hydrogen-bond acceptors (Lipinski definition) is 15. The fourth-order valence-electron chi connectivity index (χ4n) is 6.85. The number of ether oxygens (including phenoxy) is 3.